The Bertz CT molecular complexity index is 382. The smallest absolute Gasteiger partial charge is 0.239 e. The van der Waals surface area contributed by atoms with E-state index < -0.39 is 0 Å². The highest BCUT2D eigenvalue weighted by molar-refractivity contribution is 5.75. The van der Waals surface area contributed by atoms with E-state index >= 15 is 0 Å². The predicted molar refractivity (Wildman–Crippen MR) is 70.4 cm³/mol. The summed E-state index contributed by atoms with van der Waals surface area (Å²) in [5.41, 5.74) is 1.17. The van der Waals surface area contributed by atoms with Gasteiger partial charge in [0, 0.05) is 30.9 Å². The van der Waals surface area contributed by atoms with Crippen molar-refractivity contribution < 1.29 is 4.79 Å². The molecule has 100 valence electrons. The molecule has 0 spiro atoms. The Morgan fingerprint density at radius 2 is 2.56 bits per heavy atom. The third-order valence-electron chi connectivity index (χ3n) is 3.35. The van der Waals surface area contributed by atoms with Crippen LogP contribution in [-0.4, -0.2) is 35.1 Å². The minimum absolute atomic E-state index is 0.0693. The monoisotopic (exact) mass is 250 g/mol. The molecule has 2 N–H and O–H groups in total. The van der Waals surface area contributed by atoms with Gasteiger partial charge in [0.1, 0.15) is 6.54 Å². The summed E-state index contributed by atoms with van der Waals surface area (Å²) in [4.78, 5) is 15.9. The molecule has 0 aromatic carbocycles. The summed E-state index contributed by atoms with van der Waals surface area (Å²) in [7, 11) is 0. The highest BCUT2D eigenvalue weighted by atomic mass is 16.1. The van der Waals surface area contributed by atoms with Gasteiger partial charge in [0.05, 0.1) is 6.33 Å². The molecule has 0 aliphatic carbocycles. The summed E-state index contributed by atoms with van der Waals surface area (Å²) in [5.74, 6) is 0.556. The van der Waals surface area contributed by atoms with E-state index in [1.165, 1.54) is 18.5 Å². The number of carbonyl (C=O) groups is 1. The van der Waals surface area contributed by atoms with Crippen LogP contribution in [0.2, 0.25) is 0 Å². The number of aromatic nitrogens is 2. The van der Waals surface area contributed by atoms with Gasteiger partial charge in [0.15, 0.2) is 0 Å². The summed E-state index contributed by atoms with van der Waals surface area (Å²) in [5, 5.41) is 6.29. The van der Waals surface area contributed by atoms with Crippen molar-refractivity contribution in [1.82, 2.24) is 20.2 Å². The van der Waals surface area contributed by atoms with Crippen molar-refractivity contribution in [2.45, 2.75) is 38.6 Å². The molecule has 5 heteroatoms. The third kappa shape index (κ3) is 3.32. The molecule has 1 aliphatic heterocycles. The Morgan fingerprint density at radius 3 is 3.28 bits per heavy atom. The average molecular weight is 250 g/mol. The predicted octanol–water partition coefficient (Wildman–Crippen LogP) is 0.876. The summed E-state index contributed by atoms with van der Waals surface area (Å²) < 4.78 is 1.97. The summed E-state index contributed by atoms with van der Waals surface area (Å²) >= 11 is 0. The van der Waals surface area contributed by atoms with Crippen LogP contribution in [0, 0.1) is 0 Å². The van der Waals surface area contributed by atoms with Gasteiger partial charge in [-0.05, 0) is 25.8 Å². The van der Waals surface area contributed by atoms with Crippen molar-refractivity contribution in [3.63, 3.8) is 0 Å². The molecule has 0 radical (unpaired) electrons. The average Bonchev–Trinajstić information content (AvgIpc) is 2.85. The van der Waals surface area contributed by atoms with Crippen LogP contribution in [-0.2, 0) is 11.3 Å². The lowest BCUT2D eigenvalue weighted by Crippen LogP contribution is -2.32. The van der Waals surface area contributed by atoms with E-state index in [4.69, 9.17) is 0 Å². The summed E-state index contributed by atoms with van der Waals surface area (Å²) in [6, 6.07) is 0. The van der Waals surface area contributed by atoms with E-state index in [9.17, 15) is 4.79 Å². The molecule has 1 aliphatic rings. The third-order valence-corrected chi connectivity index (χ3v) is 3.35. The van der Waals surface area contributed by atoms with Gasteiger partial charge in [0.2, 0.25) is 5.91 Å². The Balaban J connectivity index is 1.96. The Kier molecular flexibility index (Phi) is 4.75. The van der Waals surface area contributed by atoms with Crippen LogP contribution in [0.1, 0.15) is 37.8 Å². The molecule has 1 fully saturated rings. The normalized spacial score (nSPS) is 19.7. The van der Waals surface area contributed by atoms with E-state index in [1.807, 2.05) is 10.8 Å². The minimum Gasteiger partial charge on any atom is -0.355 e. The number of hydrogen-bond donors (Lipinski definition) is 2. The second-order valence-corrected chi connectivity index (χ2v) is 4.84. The zero-order valence-electron chi connectivity index (χ0n) is 11.0. The lowest BCUT2D eigenvalue weighted by atomic mass is 9.96. The number of hydrogen-bond acceptors (Lipinski definition) is 3. The number of nitrogens with zero attached hydrogens (tertiary/aromatic N) is 2. The lowest BCUT2D eigenvalue weighted by molar-refractivity contribution is -0.121. The number of piperidine rings is 1. The molecule has 1 aromatic rings. The van der Waals surface area contributed by atoms with Gasteiger partial charge < -0.3 is 15.2 Å². The SMILES string of the molecule is CCCNC(=O)Cn1cncc1C1CCCNC1. The molecule has 2 rings (SSSR count). The molecular formula is C13H22N4O. The van der Waals surface area contributed by atoms with Crippen LogP contribution >= 0.6 is 0 Å². The van der Waals surface area contributed by atoms with Crippen LogP contribution in [0.15, 0.2) is 12.5 Å². The molecule has 1 saturated heterocycles. The van der Waals surface area contributed by atoms with Crippen LogP contribution in [0.5, 0.6) is 0 Å². The van der Waals surface area contributed by atoms with Crippen molar-refractivity contribution in [2.75, 3.05) is 19.6 Å². The summed E-state index contributed by atoms with van der Waals surface area (Å²) in [6.07, 6.45) is 6.99. The van der Waals surface area contributed by atoms with Crippen LogP contribution < -0.4 is 10.6 Å². The Morgan fingerprint density at radius 1 is 1.67 bits per heavy atom. The molecule has 0 saturated carbocycles. The van der Waals surface area contributed by atoms with Gasteiger partial charge >= 0.3 is 0 Å². The minimum atomic E-state index is 0.0693. The Hall–Kier alpha value is -1.36. The van der Waals surface area contributed by atoms with Gasteiger partial charge in [-0.3, -0.25) is 4.79 Å². The highest BCUT2D eigenvalue weighted by Gasteiger charge is 2.19. The maximum Gasteiger partial charge on any atom is 0.239 e. The van der Waals surface area contributed by atoms with Crippen molar-refractivity contribution in [3.8, 4) is 0 Å². The topological polar surface area (TPSA) is 59.0 Å². The molecule has 1 amide bonds. The molecule has 1 aromatic heterocycles. The number of rotatable bonds is 5. The molecule has 2 heterocycles. The fraction of sp³-hybridized carbons (Fsp3) is 0.692. The van der Waals surface area contributed by atoms with E-state index in [0.29, 0.717) is 12.5 Å². The van der Waals surface area contributed by atoms with E-state index in [2.05, 4.69) is 22.5 Å². The molecular weight excluding hydrogens is 228 g/mol. The van der Waals surface area contributed by atoms with Gasteiger partial charge in [-0.15, -0.1) is 0 Å². The van der Waals surface area contributed by atoms with E-state index in [1.54, 1.807) is 6.33 Å². The number of nitrogens with one attached hydrogen (secondary N) is 2. The largest absolute Gasteiger partial charge is 0.355 e. The van der Waals surface area contributed by atoms with Gasteiger partial charge in [0.25, 0.3) is 0 Å². The second kappa shape index (κ2) is 6.54. The first-order chi connectivity index (χ1) is 8.81. The zero-order chi connectivity index (χ0) is 12.8. The summed E-state index contributed by atoms with van der Waals surface area (Å²) in [6.45, 7) is 5.26. The fourth-order valence-electron chi connectivity index (χ4n) is 2.38. The first kappa shape index (κ1) is 13.1. The number of carbonyl (C=O) groups excluding carboxylic acids is 1. The van der Waals surface area contributed by atoms with Crippen molar-refractivity contribution in [2.24, 2.45) is 0 Å². The van der Waals surface area contributed by atoms with Crippen molar-refractivity contribution in [3.05, 3.63) is 18.2 Å². The molecule has 1 unspecified atom stereocenters. The maximum atomic E-state index is 11.7. The highest BCUT2D eigenvalue weighted by Crippen LogP contribution is 2.22. The number of amides is 1. The lowest BCUT2D eigenvalue weighted by Gasteiger charge is -2.23. The molecule has 1 atom stereocenters. The van der Waals surface area contributed by atoms with Crippen LogP contribution in [0.3, 0.4) is 0 Å². The first-order valence-electron chi connectivity index (χ1n) is 6.78. The second-order valence-electron chi connectivity index (χ2n) is 4.84. The van der Waals surface area contributed by atoms with Crippen LogP contribution in [0.25, 0.3) is 0 Å². The fourth-order valence-corrected chi connectivity index (χ4v) is 2.38. The molecule has 18 heavy (non-hydrogen) atoms. The van der Waals surface area contributed by atoms with Crippen molar-refractivity contribution >= 4 is 5.91 Å². The van der Waals surface area contributed by atoms with E-state index in [-0.39, 0.29) is 5.91 Å². The molecule has 0 bridgehead atoms. The maximum absolute atomic E-state index is 11.7. The van der Waals surface area contributed by atoms with Crippen molar-refractivity contribution in [1.29, 1.82) is 0 Å². The first-order valence-corrected chi connectivity index (χ1v) is 6.78. The zero-order valence-corrected chi connectivity index (χ0v) is 11.0. The molecule has 5 nitrogen and oxygen atoms in total. The standard InChI is InChI=1S/C13H22N4O/c1-2-5-16-13(18)9-17-10-15-8-12(17)11-4-3-6-14-7-11/h8,10-11,14H,2-7,9H2,1H3,(H,16,18). The number of imidazole rings is 1. The van der Waals surface area contributed by atoms with Gasteiger partial charge in [-0.25, -0.2) is 4.98 Å². The van der Waals surface area contributed by atoms with Gasteiger partial charge in [-0.1, -0.05) is 6.92 Å². The Labute approximate surface area is 108 Å². The van der Waals surface area contributed by atoms with E-state index in [0.717, 1.165) is 26.1 Å². The van der Waals surface area contributed by atoms with Gasteiger partial charge in [-0.2, -0.15) is 0 Å². The van der Waals surface area contributed by atoms with Crippen LogP contribution in [0.4, 0.5) is 0 Å². The quantitative estimate of drug-likeness (QED) is 0.815.